The Morgan fingerprint density at radius 1 is 0.676 bits per heavy atom. The normalized spacial score (nSPS) is 11.0. The third-order valence-electron chi connectivity index (χ3n) is 6.31. The molecule has 0 fully saturated rings. The minimum atomic E-state index is -3.51. The highest BCUT2D eigenvalue weighted by atomic mass is 28.3. The Morgan fingerprint density at radius 3 is 1.41 bits per heavy atom. The van der Waals surface area contributed by atoms with E-state index in [1.807, 2.05) is 91.0 Å². The van der Waals surface area contributed by atoms with Crippen molar-refractivity contribution in [2.45, 2.75) is 39.5 Å². The van der Waals surface area contributed by atoms with Crippen molar-refractivity contribution in [2.24, 2.45) is 5.73 Å². The maximum absolute atomic E-state index is 14.1. The van der Waals surface area contributed by atoms with E-state index in [1.54, 1.807) is 9.13 Å². The molecule has 8 heteroatoms. The molecule has 0 aromatic heterocycles. The number of rotatable bonds is 12. The predicted octanol–water partition coefficient (Wildman–Crippen LogP) is 4.87. The summed E-state index contributed by atoms with van der Waals surface area (Å²) in [5.74, 6) is 0. The first-order valence-electron chi connectivity index (χ1n) is 13.1. The molecule has 0 aliphatic rings. The van der Waals surface area contributed by atoms with Crippen LogP contribution in [0, 0.1) is 0 Å². The van der Waals surface area contributed by atoms with Gasteiger partial charge in [0.05, 0.1) is 0 Å². The number of carbonyl (C=O) groups is 2. The highest BCUT2D eigenvalue weighted by Gasteiger charge is 2.53. The van der Waals surface area contributed by atoms with Crippen LogP contribution in [0.15, 0.2) is 91.0 Å². The maximum atomic E-state index is 14.1. The number of para-hydroxylation sites is 2. The molecule has 4 amide bonds. The number of hydrogen-bond acceptors (Lipinski definition) is 3. The van der Waals surface area contributed by atoms with Crippen LogP contribution >= 0.6 is 0 Å². The molecule has 37 heavy (non-hydrogen) atoms. The summed E-state index contributed by atoms with van der Waals surface area (Å²) in [5, 5.41) is 7.06. The summed E-state index contributed by atoms with van der Waals surface area (Å²) in [4.78, 5) is 28.1. The molecule has 0 radical (unpaired) electrons. The number of nitrogens with one attached hydrogen (secondary N) is 2. The molecule has 3 aromatic rings. The van der Waals surface area contributed by atoms with Gasteiger partial charge in [-0.15, -0.1) is 0 Å². The quantitative estimate of drug-likeness (QED) is 0.237. The monoisotopic (exact) mass is 517 g/mol. The lowest BCUT2D eigenvalue weighted by atomic mass is 10.3. The number of benzene rings is 3. The first kappa shape index (κ1) is 28.0. The van der Waals surface area contributed by atoms with Gasteiger partial charge < -0.3 is 16.4 Å². The maximum Gasteiger partial charge on any atom is 0.328 e. The van der Waals surface area contributed by atoms with Gasteiger partial charge in [0.15, 0.2) is 0 Å². The SMILES string of the molecule is CCCCNC(=O)N(c1ccccc1)[Si](CN)(c1ccccc1)N(C(=O)NCCCC)c1ccccc1. The number of anilines is 2. The second-order valence-corrected chi connectivity index (χ2v) is 12.4. The molecule has 196 valence electrons. The van der Waals surface area contributed by atoms with Gasteiger partial charge in [0.2, 0.25) is 0 Å². The van der Waals surface area contributed by atoms with Gasteiger partial charge in [0.25, 0.3) is 0 Å². The number of urea groups is 2. The fourth-order valence-electron chi connectivity index (χ4n) is 4.42. The van der Waals surface area contributed by atoms with E-state index in [4.69, 9.17) is 5.73 Å². The van der Waals surface area contributed by atoms with Crippen molar-refractivity contribution < 1.29 is 9.59 Å². The Balaban J connectivity index is 2.29. The largest absolute Gasteiger partial charge is 0.338 e. The van der Waals surface area contributed by atoms with E-state index in [0.717, 1.165) is 30.9 Å². The summed E-state index contributed by atoms with van der Waals surface area (Å²) in [7, 11) is -3.51. The molecule has 0 aliphatic heterocycles. The van der Waals surface area contributed by atoms with Gasteiger partial charge in [-0.25, -0.2) is 9.59 Å². The van der Waals surface area contributed by atoms with E-state index in [-0.39, 0.29) is 18.2 Å². The summed E-state index contributed by atoms with van der Waals surface area (Å²) in [6, 6.07) is 28.3. The molecule has 0 saturated heterocycles. The fraction of sp³-hybridized carbons (Fsp3) is 0.310. The highest BCUT2D eigenvalue weighted by molar-refractivity contribution is 7.02. The van der Waals surface area contributed by atoms with Gasteiger partial charge in [-0.05, 0) is 42.3 Å². The first-order valence-corrected chi connectivity index (χ1v) is 15.2. The van der Waals surface area contributed by atoms with Crippen molar-refractivity contribution >= 4 is 37.0 Å². The van der Waals surface area contributed by atoms with Crippen molar-refractivity contribution in [1.29, 1.82) is 0 Å². The summed E-state index contributed by atoms with van der Waals surface area (Å²) in [6.07, 6.45) is 3.73. The zero-order valence-corrected chi connectivity index (χ0v) is 22.9. The zero-order chi connectivity index (χ0) is 26.5. The van der Waals surface area contributed by atoms with Crippen molar-refractivity contribution in [2.75, 3.05) is 28.4 Å². The number of carbonyl (C=O) groups excluding carboxylic acids is 2. The molecule has 3 aromatic carbocycles. The molecular formula is C29H39N5O2Si. The Morgan fingerprint density at radius 2 is 1.05 bits per heavy atom. The van der Waals surface area contributed by atoms with E-state index < -0.39 is 8.40 Å². The van der Waals surface area contributed by atoms with Gasteiger partial charge in [-0.1, -0.05) is 93.4 Å². The molecule has 0 unspecified atom stereocenters. The van der Waals surface area contributed by atoms with Crippen LogP contribution in [0.4, 0.5) is 21.0 Å². The molecule has 7 nitrogen and oxygen atoms in total. The van der Waals surface area contributed by atoms with Gasteiger partial charge >= 0.3 is 20.5 Å². The van der Waals surface area contributed by atoms with Crippen LogP contribution in [-0.2, 0) is 0 Å². The van der Waals surface area contributed by atoms with Crippen LogP contribution in [-0.4, -0.2) is 39.7 Å². The van der Waals surface area contributed by atoms with Crippen LogP contribution < -0.4 is 30.7 Å². The molecule has 0 spiro atoms. The molecule has 0 heterocycles. The number of amides is 4. The number of unbranched alkanes of at least 4 members (excludes halogenated alkanes) is 2. The lowest BCUT2D eigenvalue weighted by Gasteiger charge is -2.48. The van der Waals surface area contributed by atoms with Crippen LogP contribution in [0.25, 0.3) is 0 Å². The van der Waals surface area contributed by atoms with E-state index in [1.165, 1.54) is 0 Å². The molecule has 0 bridgehead atoms. The van der Waals surface area contributed by atoms with Gasteiger partial charge in [-0.2, -0.15) is 0 Å². The number of nitrogens with two attached hydrogens (primary N) is 1. The number of nitrogens with zero attached hydrogens (tertiary/aromatic N) is 2. The van der Waals surface area contributed by atoms with Crippen molar-refractivity contribution in [3.05, 3.63) is 91.0 Å². The van der Waals surface area contributed by atoms with Crippen molar-refractivity contribution in [3.63, 3.8) is 0 Å². The van der Waals surface area contributed by atoms with Gasteiger partial charge in [-0.3, -0.25) is 9.13 Å². The Labute approximate surface area is 221 Å². The first-order chi connectivity index (χ1) is 18.1. The summed E-state index contributed by atoms with van der Waals surface area (Å²) in [6.45, 7) is 5.25. The summed E-state index contributed by atoms with van der Waals surface area (Å²) < 4.78 is 3.54. The molecule has 4 N–H and O–H groups in total. The highest BCUT2D eigenvalue weighted by Crippen LogP contribution is 2.29. The minimum absolute atomic E-state index is 0.100. The van der Waals surface area contributed by atoms with Crippen molar-refractivity contribution in [1.82, 2.24) is 10.6 Å². The van der Waals surface area contributed by atoms with Gasteiger partial charge in [0, 0.05) is 30.6 Å². The van der Waals surface area contributed by atoms with Crippen LogP contribution in [0.5, 0.6) is 0 Å². The smallest absolute Gasteiger partial charge is 0.328 e. The van der Waals surface area contributed by atoms with E-state index in [9.17, 15) is 9.59 Å². The predicted molar refractivity (Wildman–Crippen MR) is 155 cm³/mol. The van der Waals surface area contributed by atoms with Crippen molar-refractivity contribution in [3.8, 4) is 0 Å². The molecule has 0 aliphatic carbocycles. The standard InChI is InChI=1S/C29H39N5O2Si/c1-3-5-22-31-28(35)33(25-16-10-7-11-17-25)37(24-30,27-20-14-9-15-21-27)34(26-18-12-8-13-19-26)29(36)32-23-6-4-2/h7-21H,3-6,22-24,30H2,1-2H3,(H,31,35)(H,32,36). The lowest BCUT2D eigenvalue weighted by Crippen LogP contribution is -2.81. The minimum Gasteiger partial charge on any atom is -0.338 e. The molecule has 0 atom stereocenters. The molecule has 0 saturated carbocycles. The second kappa shape index (κ2) is 14.2. The topological polar surface area (TPSA) is 90.7 Å². The van der Waals surface area contributed by atoms with Crippen LogP contribution in [0.3, 0.4) is 0 Å². The zero-order valence-electron chi connectivity index (χ0n) is 21.9. The fourth-order valence-corrected chi connectivity index (χ4v) is 8.44. The van der Waals surface area contributed by atoms with Crippen LogP contribution in [0.1, 0.15) is 39.5 Å². The molecular weight excluding hydrogens is 478 g/mol. The van der Waals surface area contributed by atoms with Gasteiger partial charge in [0.1, 0.15) is 0 Å². The van der Waals surface area contributed by atoms with Crippen LogP contribution in [0.2, 0.25) is 0 Å². The Kier molecular flexibility index (Phi) is 10.7. The number of hydrogen-bond donors (Lipinski definition) is 3. The summed E-state index contributed by atoms with van der Waals surface area (Å²) >= 11 is 0. The van der Waals surface area contributed by atoms with E-state index in [2.05, 4.69) is 24.5 Å². The van der Waals surface area contributed by atoms with E-state index in [0.29, 0.717) is 24.5 Å². The average molecular weight is 518 g/mol. The third-order valence-corrected chi connectivity index (χ3v) is 10.5. The molecule has 3 rings (SSSR count). The third kappa shape index (κ3) is 6.58. The van der Waals surface area contributed by atoms with E-state index >= 15 is 0 Å². The average Bonchev–Trinajstić information content (AvgIpc) is 2.94. The Bertz CT molecular complexity index is 1030. The second-order valence-electron chi connectivity index (χ2n) is 8.90. The Hall–Kier alpha value is -3.62. The summed E-state index contributed by atoms with van der Waals surface area (Å²) in [5.41, 5.74) is 8.11. The lowest BCUT2D eigenvalue weighted by molar-refractivity contribution is 0.248.